The van der Waals surface area contributed by atoms with Gasteiger partial charge in [0.2, 0.25) is 0 Å². The third-order valence-electron chi connectivity index (χ3n) is 3.18. The minimum absolute atomic E-state index is 0.155. The van der Waals surface area contributed by atoms with Crippen LogP contribution < -0.4 is 0 Å². The Bertz CT molecular complexity index is 483. The van der Waals surface area contributed by atoms with Crippen LogP contribution in [0, 0.1) is 13.8 Å². The van der Waals surface area contributed by atoms with Gasteiger partial charge in [0.15, 0.2) is 0 Å². The molecule has 0 N–H and O–H groups in total. The summed E-state index contributed by atoms with van der Waals surface area (Å²) >= 11 is 0. The average molecular weight is 224 g/mol. The van der Waals surface area contributed by atoms with Crippen LogP contribution in [-0.2, 0) is 4.79 Å². The molecule has 86 valence electrons. The maximum atomic E-state index is 11.4. The second-order valence-electron chi connectivity index (χ2n) is 4.33. The zero-order chi connectivity index (χ0) is 12.3. The van der Waals surface area contributed by atoms with E-state index in [4.69, 9.17) is 0 Å². The highest BCUT2D eigenvalue weighted by molar-refractivity contribution is 5.70. The molecule has 0 radical (unpaired) electrons. The van der Waals surface area contributed by atoms with E-state index in [9.17, 15) is 4.79 Å². The molecule has 0 amide bonds. The standard InChI is InChI=1S/C16H16O/c1-12-7-3-5-9-14(12)16(11-17)15-10-6-4-8-13(15)2/h3-11,16H,1-2H3. The first-order valence-corrected chi connectivity index (χ1v) is 5.80. The molecular formula is C16H16O. The maximum absolute atomic E-state index is 11.4. The minimum atomic E-state index is -0.155. The van der Waals surface area contributed by atoms with Crippen molar-refractivity contribution in [3.63, 3.8) is 0 Å². The lowest BCUT2D eigenvalue weighted by Gasteiger charge is -2.16. The van der Waals surface area contributed by atoms with Crippen molar-refractivity contribution in [1.82, 2.24) is 0 Å². The van der Waals surface area contributed by atoms with Gasteiger partial charge in [-0.05, 0) is 36.1 Å². The summed E-state index contributed by atoms with van der Waals surface area (Å²) in [7, 11) is 0. The average Bonchev–Trinajstić information content (AvgIpc) is 2.34. The number of hydrogen-bond acceptors (Lipinski definition) is 1. The van der Waals surface area contributed by atoms with Crippen molar-refractivity contribution < 1.29 is 4.79 Å². The lowest BCUT2D eigenvalue weighted by atomic mass is 9.87. The predicted octanol–water partition coefficient (Wildman–Crippen LogP) is 3.63. The van der Waals surface area contributed by atoms with Crippen LogP contribution in [0.2, 0.25) is 0 Å². The fourth-order valence-electron chi connectivity index (χ4n) is 2.19. The fourth-order valence-corrected chi connectivity index (χ4v) is 2.19. The molecule has 2 aromatic rings. The first-order valence-electron chi connectivity index (χ1n) is 5.80. The summed E-state index contributed by atoms with van der Waals surface area (Å²) in [6.07, 6.45) is 1.03. The molecule has 0 aliphatic carbocycles. The SMILES string of the molecule is Cc1ccccc1C(C=O)c1ccccc1C. The molecule has 0 unspecified atom stereocenters. The number of carbonyl (C=O) groups is 1. The van der Waals surface area contributed by atoms with Crippen molar-refractivity contribution in [3.05, 3.63) is 70.8 Å². The molecule has 0 bridgehead atoms. The quantitative estimate of drug-likeness (QED) is 0.727. The van der Waals surface area contributed by atoms with E-state index in [0.717, 1.165) is 28.5 Å². The molecule has 0 heterocycles. The molecule has 1 heteroatoms. The maximum Gasteiger partial charge on any atom is 0.131 e. The Kier molecular flexibility index (Phi) is 3.38. The van der Waals surface area contributed by atoms with Gasteiger partial charge in [-0.2, -0.15) is 0 Å². The largest absolute Gasteiger partial charge is 0.302 e. The predicted molar refractivity (Wildman–Crippen MR) is 70.3 cm³/mol. The molecule has 17 heavy (non-hydrogen) atoms. The van der Waals surface area contributed by atoms with E-state index in [1.54, 1.807) is 0 Å². The van der Waals surface area contributed by atoms with Gasteiger partial charge in [-0.25, -0.2) is 0 Å². The molecule has 0 saturated carbocycles. The first kappa shape index (κ1) is 11.6. The van der Waals surface area contributed by atoms with Gasteiger partial charge in [0.1, 0.15) is 6.29 Å². The normalized spacial score (nSPS) is 10.5. The van der Waals surface area contributed by atoms with Gasteiger partial charge in [0.05, 0.1) is 5.92 Å². The van der Waals surface area contributed by atoms with E-state index in [0.29, 0.717) is 0 Å². The Morgan fingerprint density at radius 3 is 1.59 bits per heavy atom. The zero-order valence-corrected chi connectivity index (χ0v) is 10.2. The summed E-state index contributed by atoms with van der Waals surface area (Å²) in [5, 5.41) is 0. The van der Waals surface area contributed by atoms with Crippen LogP contribution in [-0.4, -0.2) is 6.29 Å². The Hall–Kier alpha value is -1.89. The van der Waals surface area contributed by atoms with Crippen LogP contribution >= 0.6 is 0 Å². The lowest BCUT2D eigenvalue weighted by molar-refractivity contribution is -0.108. The first-order chi connectivity index (χ1) is 8.24. The third-order valence-corrected chi connectivity index (χ3v) is 3.18. The van der Waals surface area contributed by atoms with Crippen molar-refractivity contribution in [2.45, 2.75) is 19.8 Å². The molecule has 0 atom stereocenters. The summed E-state index contributed by atoms with van der Waals surface area (Å²) < 4.78 is 0. The summed E-state index contributed by atoms with van der Waals surface area (Å²) in [5.74, 6) is -0.155. The number of carbonyl (C=O) groups excluding carboxylic acids is 1. The Morgan fingerprint density at radius 2 is 1.24 bits per heavy atom. The molecule has 0 saturated heterocycles. The van der Waals surface area contributed by atoms with E-state index in [1.165, 1.54) is 0 Å². The van der Waals surface area contributed by atoms with E-state index >= 15 is 0 Å². The van der Waals surface area contributed by atoms with Crippen molar-refractivity contribution in [2.24, 2.45) is 0 Å². The van der Waals surface area contributed by atoms with E-state index in [2.05, 4.69) is 0 Å². The van der Waals surface area contributed by atoms with Gasteiger partial charge in [-0.3, -0.25) is 0 Å². The summed E-state index contributed by atoms with van der Waals surface area (Å²) in [4.78, 5) is 11.4. The van der Waals surface area contributed by atoms with E-state index in [-0.39, 0.29) is 5.92 Å². The smallest absolute Gasteiger partial charge is 0.131 e. The van der Waals surface area contributed by atoms with Crippen LogP contribution in [0.5, 0.6) is 0 Å². The molecule has 2 rings (SSSR count). The molecule has 2 aromatic carbocycles. The van der Waals surface area contributed by atoms with Gasteiger partial charge >= 0.3 is 0 Å². The highest BCUT2D eigenvalue weighted by Gasteiger charge is 2.16. The third kappa shape index (κ3) is 2.28. The van der Waals surface area contributed by atoms with Gasteiger partial charge < -0.3 is 4.79 Å². The second-order valence-corrected chi connectivity index (χ2v) is 4.33. The highest BCUT2D eigenvalue weighted by Crippen LogP contribution is 2.27. The van der Waals surface area contributed by atoms with Crippen LogP contribution in [0.1, 0.15) is 28.2 Å². The summed E-state index contributed by atoms with van der Waals surface area (Å²) in [6.45, 7) is 4.09. The van der Waals surface area contributed by atoms with Crippen LogP contribution in [0.25, 0.3) is 0 Å². The molecule has 0 fully saturated rings. The molecular weight excluding hydrogens is 208 g/mol. The van der Waals surface area contributed by atoms with Crippen LogP contribution in [0.4, 0.5) is 0 Å². The van der Waals surface area contributed by atoms with Crippen molar-refractivity contribution in [2.75, 3.05) is 0 Å². The molecule has 0 spiro atoms. The van der Waals surface area contributed by atoms with Crippen molar-refractivity contribution in [1.29, 1.82) is 0 Å². The Labute approximate surface area is 102 Å². The molecule has 0 aromatic heterocycles. The number of aryl methyl sites for hydroxylation is 2. The molecule has 0 aliphatic heterocycles. The summed E-state index contributed by atoms with van der Waals surface area (Å²) in [5.41, 5.74) is 4.51. The number of hydrogen-bond donors (Lipinski definition) is 0. The van der Waals surface area contributed by atoms with Crippen LogP contribution in [0.3, 0.4) is 0 Å². The fraction of sp³-hybridized carbons (Fsp3) is 0.188. The molecule has 0 aliphatic rings. The van der Waals surface area contributed by atoms with Gasteiger partial charge in [-0.15, -0.1) is 0 Å². The van der Waals surface area contributed by atoms with E-state index < -0.39 is 0 Å². The lowest BCUT2D eigenvalue weighted by Crippen LogP contribution is -2.06. The van der Waals surface area contributed by atoms with Crippen LogP contribution in [0.15, 0.2) is 48.5 Å². The Balaban J connectivity index is 2.52. The number of rotatable bonds is 3. The van der Waals surface area contributed by atoms with Crippen molar-refractivity contribution >= 4 is 6.29 Å². The second kappa shape index (κ2) is 4.96. The van der Waals surface area contributed by atoms with E-state index in [1.807, 2.05) is 62.4 Å². The zero-order valence-electron chi connectivity index (χ0n) is 10.2. The molecule has 1 nitrogen and oxygen atoms in total. The Morgan fingerprint density at radius 1 is 0.824 bits per heavy atom. The topological polar surface area (TPSA) is 17.1 Å². The van der Waals surface area contributed by atoms with Crippen molar-refractivity contribution in [3.8, 4) is 0 Å². The van der Waals surface area contributed by atoms with Gasteiger partial charge in [0, 0.05) is 0 Å². The van der Waals surface area contributed by atoms with Gasteiger partial charge in [-0.1, -0.05) is 48.5 Å². The van der Waals surface area contributed by atoms with Gasteiger partial charge in [0.25, 0.3) is 0 Å². The minimum Gasteiger partial charge on any atom is -0.302 e. The monoisotopic (exact) mass is 224 g/mol. The number of aldehydes is 1. The summed E-state index contributed by atoms with van der Waals surface area (Å²) in [6, 6.07) is 16.1. The number of benzene rings is 2. The highest BCUT2D eigenvalue weighted by atomic mass is 16.1.